The Morgan fingerprint density at radius 1 is 1.03 bits per heavy atom. The molecule has 0 spiro atoms. The Balaban J connectivity index is 1.71. The molecule has 1 aliphatic heterocycles. The largest absolute Gasteiger partial charge is 0.494 e. The van der Waals surface area contributed by atoms with Crippen molar-refractivity contribution in [1.29, 1.82) is 0 Å². The van der Waals surface area contributed by atoms with Gasteiger partial charge in [-0.2, -0.15) is 0 Å². The predicted octanol–water partition coefficient (Wildman–Crippen LogP) is 1.74. The number of hydrogen-bond donors (Lipinski definition) is 4. The third-order valence-electron chi connectivity index (χ3n) is 5.68. The SMILES string of the molecule is CCOc1ccc(Cc2cn([C@@H]3O[C@H](CO)[C@@H](O)[C@H](O)[C@H]3O)c3ccccc23)c(F)c1. The summed E-state index contributed by atoms with van der Waals surface area (Å²) in [5.74, 6) is 0.0862. The van der Waals surface area contributed by atoms with E-state index in [1.807, 2.05) is 31.2 Å². The van der Waals surface area contributed by atoms with E-state index in [4.69, 9.17) is 9.47 Å². The van der Waals surface area contributed by atoms with Gasteiger partial charge >= 0.3 is 0 Å². The van der Waals surface area contributed by atoms with Crippen LogP contribution in [0.5, 0.6) is 5.75 Å². The monoisotopic (exact) mass is 431 g/mol. The zero-order valence-electron chi connectivity index (χ0n) is 17.1. The second-order valence-corrected chi connectivity index (χ2v) is 7.66. The lowest BCUT2D eigenvalue weighted by Gasteiger charge is -2.40. The first kappa shape index (κ1) is 21.7. The zero-order valence-corrected chi connectivity index (χ0v) is 17.1. The number of benzene rings is 2. The van der Waals surface area contributed by atoms with Crippen LogP contribution in [-0.2, 0) is 11.2 Å². The molecule has 7 nitrogen and oxygen atoms in total. The molecule has 166 valence electrons. The van der Waals surface area contributed by atoms with Gasteiger partial charge in [0, 0.05) is 24.1 Å². The molecule has 1 aromatic heterocycles. The molecule has 4 N–H and O–H groups in total. The molecular weight excluding hydrogens is 405 g/mol. The van der Waals surface area contributed by atoms with Gasteiger partial charge in [-0.3, -0.25) is 0 Å². The Hall–Kier alpha value is -2.49. The number of aromatic nitrogens is 1. The topological polar surface area (TPSA) is 104 Å². The van der Waals surface area contributed by atoms with Crippen molar-refractivity contribution in [2.45, 2.75) is 44.0 Å². The van der Waals surface area contributed by atoms with E-state index in [1.54, 1.807) is 22.9 Å². The number of fused-ring (bicyclic) bond motifs is 1. The molecule has 1 fully saturated rings. The minimum Gasteiger partial charge on any atom is -0.494 e. The second kappa shape index (κ2) is 8.94. The number of rotatable bonds is 6. The van der Waals surface area contributed by atoms with Gasteiger partial charge in [0.1, 0.15) is 36.0 Å². The standard InChI is InChI=1S/C23H26FNO6/c1-2-30-15-8-7-13(17(24)10-15)9-14-11-25(18-6-4-3-5-16(14)18)23-22(29)21(28)20(27)19(12-26)31-23/h3-8,10-11,19-23,26-29H,2,9,12H2,1H3/t19-,20-,21+,22-,23-/m1/s1. The average Bonchev–Trinajstić information content (AvgIpc) is 3.13. The molecule has 1 aliphatic rings. The Morgan fingerprint density at radius 3 is 2.52 bits per heavy atom. The van der Waals surface area contributed by atoms with E-state index in [9.17, 15) is 24.8 Å². The highest BCUT2D eigenvalue weighted by Crippen LogP contribution is 2.34. The molecule has 0 saturated carbocycles. The Bertz CT molecular complexity index is 1050. The van der Waals surface area contributed by atoms with Crippen molar-refractivity contribution in [3.05, 3.63) is 65.6 Å². The second-order valence-electron chi connectivity index (χ2n) is 7.66. The summed E-state index contributed by atoms with van der Waals surface area (Å²) in [6, 6.07) is 12.2. The lowest BCUT2D eigenvalue weighted by atomic mass is 9.98. The molecule has 2 aromatic carbocycles. The Morgan fingerprint density at radius 2 is 1.81 bits per heavy atom. The molecule has 8 heteroatoms. The number of aliphatic hydroxyl groups is 4. The Labute approximate surface area is 178 Å². The number of hydrogen-bond acceptors (Lipinski definition) is 6. The van der Waals surface area contributed by atoms with Crippen molar-refractivity contribution >= 4 is 10.9 Å². The predicted molar refractivity (Wildman–Crippen MR) is 111 cm³/mol. The summed E-state index contributed by atoms with van der Waals surface area (Å²) in [6.45, 7) is 1.77. The third kappa shape index (κ3) is 4.05. The first-order valence-corrected chi connectivity index (χ1v) is 10.2. The average molecular weight is 431 g/mol. The first-order valence-electron chi connectivity index (χ1n) is 10.2. The van der Waals surface area contributed by atoms with Crippen LogP contribution in [0.15, 0.2) is 48.7 Å². The number of para-hydroxylation sites is 1. The molecule has 3 aromatic rings. The van der Waals surface area contributed by atoms with E-state index < -0.39 is 37.3 Å². The minimum atomic E-state index is -1.48. The van der Waals surface area contributed by atoms with Crippen molar-refractivity contribution < 1.29 is 34.3 Å². The molecule has 5 atom stereocenters. The van der Waals surface area contributed by atoms with Gasteiger partial charge in [0.25, 0.3) is 0 Å². The van der Waals surface area contributed by atoms with Gasteiger partial charge in [0.2, 0.25) is 0 Å². The molecule has 0 unspecified atom stereocenters. The summed E-state index contributed by atoms with van der Waals surface area (Å²) in [5, 5.41) is 41.1. The summed E-state index contributed by atoms with van der Waals surface area (Å²) in [5.41, 5.74) is 2.00. The normalized spacial score (nSPS) is 26.3. The summed E-state index contributed by atoms with van der Waals surface area (Å²) >= 11 is 0. The van der Waals surface area contributed by atoms with E-state index in [-0.39, 0.29) is 5.82 Å². The highest BCUT2D eigenvalue weighted by atomic mass is 19.1. The molecule has 4 rings (SSSR count). The van der Waals surface area contributed by atoms with E-state index >= 15 is 0 Å². The maximum atomic E-state index is 14.6. The quantitative estimate of drug-likeness (QED) is 0.474. The van der Waals surface area contributed by atoms with Gasteiger partial charge in [-0.1, -0.05) is 24.3 Å². The van der Waals surface area contributed by atoms with Gasteiger partial charge < -0.3 is 34.5 Å². The van der Waals surface area contributed by atoms with E-state index in [2.05, 4.69) is 0 Å². The van der Waals surface area contributed by atoms with Crippen LogP contribution in [0, 0.1) is 5.82 Å². The van der Waals surface area contributed by atoms with Crippen molar-refractivity contribution in [2.75, 3.05) is 13.2 Å². The van der Waals surface area contributed by atoms with Crippen LogP contribution in [0.4, 0.5) is 4.39 Å². The van der Waals surface area contributed by atoms with Gasteiger partial charge in [-0.05, 0) is 30.2 Å². The smallest absolute Gasteiger partial charge is 0.163 e. The van der Waals surface area contributed by atoms with Gasteiger partial charge in [0.05, 0.1) is 18.7 Å². The number of halogens is 1. The fraction of sp³-hybridized carbons (Fsp3) is 0.391. The first-order chi connectivity index (χ1) is 14.9. The lowest BCUT2D eigenvalue weighted by Crippen LogP contribution is -2.56. The van der Waals surface area contributed by atoms with Crippen LogP contribution < -0.4 is 4.74 Å². The van der Waals surface area contributed by atoms with Gasteiger partial charge in [0.15, 0.2) is 6.23 Å². The van der Waals surface area contributed by atoms with Gasteiger partial charge in [-0.25, -0.2) is 4.39 Å². The molecule has 0 amide bonds. The van der Waals surface area contributed by atoms with Crippen LogP contribution in [-0.4, -0.2) is 62.6 Å². The van der Waals surface area contributed by atoms with Crippen molar-refractivity contribution in [3.63, 3.8) is 0 Å². The maximum Gasteiger partial charge on any atom is 0.163 e. The fourth-order valence-corrected chi connectivity index (χ4v) is 4.07. The van der Waals surface area contributed by atoms with Crippen LogP contribution >= 0.6 is 0 Å². The van der Waals surface area contributed by atoms with Crippen LogP contribution in [0.2, 0.25) is 0 Å². The molecule has 1 saturated heterocycles. The zero-order chi connectivity index (χ0) is 22.1. The van der Waals surface area contributed by atoms with Crippen LogP contribution in [0.25, 0.3) is 10.9 Å². The maximum absolute atomic E-state index is 14.6. The molecular formula is C23H26FNO6. The highest BCUT2D eigenvalue weighted by molar-refractivity contribution is 5.84. The lowest BCUT2D eigenvalue weighted by molar-refractivity contribution is -0.250. The van der Waals surface area contributed by atoms with Crippen molar-refractivity contribution in [3.8, 4) is 5.75 Å². The number of ether oxygens (including phenoxy) is 2. The summed E-state index contributed by atoms with van der Waals surface area (Å²) < 4.78 is 27.3. The summed E-state index contributed by atoms with van der Waals surface area (Å²) in [4.78, 5) is 0. The van der Waals surface area contributed by atoms with Crippen molar-refractivity contribution in [2.24, 2.45) is 0 Å². The molecule has 0 radical (unpaired) electrons. The van der Waals surface area contributed by atoms with E-state index in [0.29, 0.717) is 29.9 Å². The molecule has 2 heterocycles. The van der Waals surface area contributed by atoms with Crippen LogP contribution in [0.1, 0.15) is 24.3 Å². The van der Waals surface area contributed by atoms with Crippen LogP contribution in [0.3, 0.4) is 0 Å². The van der Waals surface area contributed by atoms with Gasteiger partial charge in [-0.15, -0.1) is 0 Å². The molecule has 0 bridgehead atoms. The summed E-state index contributed by atoms with van der Waals surface area (Å²) in [6.07, 6.45) is -4.34. The number of nitrogens with zero attached hydrogens (tertiary/aromatic N) is 1. The molecule has 0 aliphatic carbocycles. The minimum absolute atomic E-state index is 0.295. The fourth-order valence-electron chi connectivity index (χ4n) is 4.07. The third-order valence-corrected chi connectivity index (χ3v) is 5.68. The van der Waals surface area contributed by atoms with E-state index in [0.717, 1.165) is 10.9 Å². The number of aliphatic hydroxyl groups excluding tert-OH is 4. The van der Waals surface area contributed by atoms with E-state index in [1.165, 1.54) is 6.07 Å². The highest BCUT2D eigenvalue weighted by Gasteiger charge is 2.44. The Kier molecular flexibility index (Phi) is 6.27. The molecule has 31 heavy (non-hydrogen) atoms. The van der Waals surface area contributed by atoms with Crippen molar-refractivity contribution in [1.82, 2.24) is 4.57 Å². The summed E-state index contributed by atoms with van der Waals surface area (Å²) in [7, 11) is 0.